The Bertz CT molecular complexity index is 947. The molecule has 0 fully saturated rings. The predicted molar refractivity (Wildman–Crippen MR) is 100 cm³/mol. The van der Waals surface area contributed by atoms with Gasteiger partial charge < -0.3 is 18.7 Å². The van der Waals surface area contributed by atoms with Crippen molar-refractivity contribution < 1.29 is 23.5 Å². The smallest absolute Gasteiger partial charge is 0.344 e. The molecule has 0 aliphatic heterocycles. The largest absolute Gasteiger partial charge is 0.493 e. The molecule has 2 aromatic carbocycles. The zero-order valence-corrected chi connectivity index (χ0v) is 15.7. The van der Waals surface area contributed by atoms with E-state index in [-0.39, 0.29) is 6.61 Å². The van der Waals surface area contributed by atoms with E-state index in [1.807, 2.05) is 43.3 Å². The van der Waals surface area contributed by atoms with Crippen molar-refractivity contribution in [1.29, 1.82) is 0 Å². The molecule has 1 aromatic heterocycles. The van der Waals surface area contributed by atoms with Gasteiger partial charge in [-0.15, -0.1) is 0 Å². The molecule has 0 saturated carbocycles. The first-order valence-corrected chi connectivity index (χ1v) is 8.45. The number of nitrogens with zero attached hydrogens (tertiary/aromatic N) is 1. The Morgan fingerprint density at radius 2 is 1.70 bits per heavy atom. The Labute approximate surface area is 157 Å². The minimum Gasteiger partial charge on any atom is -0.493 e. The maximum absolute atomic E-state index is 12.7. The van der Waals surface area contributed by atoms with Gasteiger partial charge in [-0.25, -0.2) is 4.79 Å². The molecule has 0 aliphatic carbocycles. The first kappa shape index (κ1) is 18.5. The number of aromatic nitrogens is 1. The molecular formula is C21H21NO5. The van der Waals surface area contributed by atoms with Crippen molar-refractivity contribution in [2.45, 2.75) is 20.5 Å². The van der Waals surface area contributed by atoms with Gasteiger partial charge in [-0.3, -0.25) is 0 Å². The van der Waals surface area contributed by atoms with Crippen LogP contribution in [0.3, 0.4) is 0 Å². The van der Waals surface area contributed by atoms with Crippen molar-refractivity contribution in [2.24, 2.45) is 0 Å². The number of hydrogen-bond donors (Lipinski definition) is 0. The summed E-state index contributed by atoms with van der Waals surface area (Å²) in [6.45, 7) is 3.72. The number of hydrogen-bond acceptors (Lipinski definition) is 6. The number of carbonyl (C=O) groups excluding carboxylic acids is 1. The average Bonchev–Trinajstić information content (AvgIpc) is 3.08. The van der Waals surface area contributed by atoms with Crippen LogP contribution in [0.4, 0.5) is 0 Å². The van der Waals surface area contributed by atoms with E-state index < -0.39 is 5.97 Å². The summed E-state index contributed by atoms with van der Waals surface area (Å²) in [7, 11) is 3.15. The van der Waals surface area contributed by atoms with Crippen LogP contribution in [0.5, 0.6) is 11.5 Å². The summed E-state index contributed by atoms with van der Waals surface area (Å²) >= 11 is 0. The summed E-state index contributed by atoms with van der Waals surface area (Å²) in [6, 6.07) is 13.0. The van der Waals surface area contributed by atoms with Gasteiger partial charge in [-0.1, -0.05) is 35.5 Å². The SMILES string of the molecule is COc1cc(C)c(COC(=O)c2c(-c3ccccc3)noc2C)cc1OC. The lowest BCUT2D eigenvalue weighted by molar-refractivity contribution is 0.0470. The maximum atomic E-state index is 12.7. The molecule has 6 nitrogen and oxygen atoms in total. The number of esters is 1. The molecule has 6 heteroatoms. The van der Waals surface area contributed by atoms with Crippen LogP contribution >= 0.6 is 0 Å². The minimum absolute atomic E-state index is 0.101. The molecule has 3 rings (SSSR count). The molecule has 140 valence electrons. The standard InChI is InChI=1S/C21H21NO5/c1-13-10-17(24-3)18(25-4)11-16(13)12-26-21(23)19-14(2)27-22-20(19)15-8-6-5-7-9-15/h5-11H,12H2,1-4H3. The molecule has 0 radical (unpaired) electrons. The summed E-state index contributed by atoms with van der Waals surface area (Å²) in [5, 5.41) is 4.02. The number of methoxy groups -OCH3 is 2. The van der Waals surface area contributed by atoms with Crippen molar-refractivity contribution >= 4 is 5.97 Å². The summed E-state index contributed by atoms with van der Waals surface area (Å²) in [4.78, 5) is 12.7. The van der Waals surface area contributed by atoms with Crippen LogP contribution in [-0.4, -0.2) is 25.3 Å². The fourth-order valence-corrected chi connectivity index (χ4v) is 2.80. The fraction of sp³-hybridized carbons (Fsp3) is 0.238. The summed E-state index contributed by atoms with van der Waals surface area (Å²) < 4.78 is 21.4. The monoisotopic (exact) mass is 367 g/mol. The van der Waals surface area contributed by atoms with Gasteiger partial charge in [-0.05, 0) is 37.1 Å². The normalized spacial score (nSPS) is 10.5. The van der Waals surface area contributed by atoms with Gasteiger partial charge in [0.1, 0.15) is 23.6 Å². The van der Waals surface area contributed by atoms with Crippen LogP contribution in [0.25, 0.3) is 11.3 Å². The topological polar surface area (TPSA) is 70.8 Å². The van der Waals surface area contributed by atoms with Crippen LogP contribution < -0.4 is 9.47 Å². The predicted octanol–water partition coefficient (Wildman–Crippen LogP) is 4.33. The molecule has 0 atom stereocenters. The van der Waals surface area contributed by atoms with Crippen LogP contribution in [0, 0.1) is 13.8 Å². The van der Waals surface area contributed by atoms with Crippen LogP contribution in [0.2, 0.25) is 0 Å². The van der Waals surface area contributed by atoms with Crippen molar-refractivity contribution in [2.75, 3.05) is 14.2 Å². The number of benzene rings is 2. The van der Waals surface area contributed by atoms with E-state index in [4.69, 9.17) is 18.7 Å². The lowest BCUT2D eigenvalue weighted by atomic mass is 10.1. The quantitative estimate of drug-likeness (QED) is 0.604. The number of carbonyl (C=O) groups is 1. The Balaban J connectivity index is 1.83. The maximum Gasteiger partial charge on any atom is 0.344 e. The molecule has 0 bridgehead atoms. The van der Waals surface area contributed by atoms with E-state index in [1.165, 1.54) is 0 Å². The van der Waals surface area contributed by atoms with E-state index in [0.717, 1.165) is 16.7 Å². The van der Waals surface area contributed by atoms with E-state index in [2.05, 4.69) is 5.16 Å². The molecule has 0 amide bonds. The van der Waals surface area contributed by atoms with Crippen LogP contribution in [0.1, 0.15) is 27.2 Å². The molecular weight excluding hydrogens is 346 g/mol. The molecule has 3 aromatic rings. The Hall–Kier alpha value is -3.28. The highest BCUT2D eigenvalue weighted by Crippen LogP contribution is 2.31. The minimum atomic E-state index is -0.484. The molecule has 0 N–H and O–H groups in total. The first-order chi connectivity index (χ1) is 13.0. The highest BCUT2D eigenvalue weighted by atomic mass is 16.5. The highest BCUT2D eigenvalue weighted by molar-refractivity contribution is 5.97. The van der Waals surface area contributed by atoms with Crippen molar-refractivity contribution in [3.05, 3.63) is 64.9 Å². The fourth-order valence-electron chi connectivity index (χ4n) is 2.80. The summed E-state index contributed by atoms with van der Waals surface area (Å²) in [5.74, 6) is 1.15. The van der Waals surface area contributed by atoms with Crippen molar-refractivity contribution in [3.8, 4) is 22.8 Å². The van der Waals surface area contributed by atoms with Crippen molar-refractivity contribution in [1.82, 2.24) is 5.16 Å². The zero-order chi connectivity index (χ0) is 19.4. The van der Waals surface area contributed by atoms with E-state index in [9.17, 15) is 4.79 Å². The van der Waals surface area contributed by atoms with Gasteiger partial charge in [0.2, 0.25) is 0 Å². The van der Waals surface area contributed by atoms with Gasteiger partial charge in [-0.2, -0.15) is 0 Å². The third-order valence-electron chi connectivity index (χ3n) is 4.31. The molecule has 27 heavy (non-hydrogen) atoms. The summed E-state index contributed by atoms with van der Waals surface area (Å²) in [6.07, 6.45) is 0. The second-order valence-corrected chi connectivity index (χ2v) is 6.04. The van der Waals surface area contributed by atoms with Gasteiger partial charge >= 0.3 is 5.97 Å². The van der Waals surface area contributed by atoms with Crippen LogP contribution in [-0.2, 0) is 11.3 Å². The van der Waals surface area contributed by atoms with E-state index >= 15 is 0 Å². The third kappa shape index (κ3) is 3.79. The lowest BCUT2D eigenvalue weighted by Gasteiger charge is -2.13. The molecule has 0 unspecified atom stereocenters. The van der Waals surface area contributed by atoms with Gasteiger partial charge in [0.05, 0.1) is 14.2 Å². The Kier molecular flexibility index (Phi) is 5.45. The zero-order valence-electron chi connectivity index (χ0n) is 15.7. The second kappa shape index (κ2) is 7.95. The molecule has 1 heterocycles. The third-order valence-corrected chi connectivity index (χ3v) is 4.31. The van der Waals surface area contributed by atoms with Gasteiger partial charge in [0, 0.05) is 5.56 Å². The van der Waals surface area contributed by atoms with Gasteiger partial charge in [0.15, 0.2) is 11.5 Å². The molecule has 0 aliphatic rings. The number of aryl methyl sites for hydroxylation is 2. The van der Waals surface area contributed by atoms with Gasteiger partial charge in [0.25, 0.3) is 0 Å². The summed E-state index contributed by atoms with van der Waals surface area (Å²) in [5.41, 5.74) is 3.37. The molecule has 0 saturated heterocycles. The first-order valence-electron chi connectivity index (χ1n) is 8.45. The van der Waals surface area contributed by atoms with E-state index in [0.29, 0.717) is 28.5 Å². The van der Waals surface area contributed by atoms with E-state index in [1.54, 1.807) is 27.2 Å². The molecule has 0 spiro atoms. The number of rotatable bonds is 6. The second-order valence-electron chi connectivity index (χ2n) is 6.04. The Morgan fingerprint density at radius 1 is 1.04 bits per heavy atom. The van der Waals surface area contributed by atoms with Crippen molar-refractivity contribution in [3.63, 3.8) is 0 Å². The van der Waals surface area contributed by atoms with Crippen LogP contribution in [0.15, 0.2) is 47.0 Å². The lowest BCUT2D eigenvalue weighted by Crippen LogP contribution is -2.08. The highest BCUT2D eigenvalue weighted by Gasteiger charge is 2.23. The number of ether oxygens (including phenoxy) is 3. The Morgan fingerprint density at radius 3 is 2.37 bits per heavy atom. The average molecular weight is 367 g/mol.